The van der Waals surface area contributed by atoms with E-state index in [0.717, 1.165) is 11.0 Å². The summed E-state index contributed by atoms with van der Waals surface area (Å²) in [5.41, 5.74) is 1.99. The van der Waals surface area contributed by atoms with E-state index in [2.05, 4.69) is 0 Å². The van der Waals surface area contributed by atoms with E-state index >= 15 is 0 Å². The van der Waals surface area contributed by atoms with E-state index in [9.17, 15) is 9.18 Å². The largest absolute Gasteiger partial charge is 0.444 e. The third-order valence-corrected chi connectivity index (χ3v) is 3.33. The molecule has 1 amide bonds. The van der Waals surface area contributed by atoms with Crippen molar-refractivity contribution in [1.29, 1.82) is 0 Å². The molecule has 2 rings (SSSR count). The maximum atomic E-state index is 14.0. The van der Waals surface area contributed by atoms with Crippen LogP contribution in [0.3, 0.4) is 0 Å². The van der Waals surface area contributed by atoms with Gasteiger partial charge in [0.05, 0.1) is 0 Å². The van der Waals surface area contributed by atoms with Crippen molar-refractivity contribution in [2.75, 3.05) is 13.1 Å². The van der Waals surface area contributed by atoms with Crippen molar-refractivity contribution in [3.8, 4) is 0 Å². The van der Waals surface area contributed by atoms with Crippen molar-refractivity contribution in [2.45, 2.75) is 32.8 Å². The van der Waals surface area contributed by atoms with Crippen LogP contribution in [0.4, 0.5) is 9.18 Å². The van der Waals surface area contributed by atoms with Gasteiger partial charge in [-0.15, -0.1) is 0 Å². The molecule has 0 N–H and O–H groups in total. The second-order valence-corrected chi connectivity index (χ2v) is 6.39. The number of carbonyl (C=O) groups is 1. The molecule has 0 atom stereocenters. The van der Waals surface area contributed by atoms with E-state index in [1.54, 1.807) is 11.0 Å². The Balaban J connectivity index is 2.07. The van der Waals surface area contributed by atoms with Crippen LogP contribution in [0.15, 0.2) is 24.3 Å². The van der Waals surface area contributed by atoms with Gasteiger partial charge in [-0.2, -0.15) is 0 Å². The van der Waals surface area contributed by atoms with Crippen LogP contribution < -0.4 is 5.46 Å². The van der Waals surface area contributed by atoms with Crippen LogP contribution in [-0.2, 0) is 4.74 Å². The number of halogens is 1. The predicted molar refractivity (Wildman–Crippen MR) is 85.0 cm³/mol. The Morgan fingerprint density at radius 3 is 2.62 bits per heavy atom. The molecule has 0 saturated carbocycles. The Hall–Kier alpha value is -1.78. The molecule has 0 aromatic heterocycles. The maximum Gasteiger partial charge on any atom is 0.410 e. The van der Waals surface area contributed by atoms with Crippen molar-refractivity contribution in [3.63, 3.8) is 0 Å². The van der Waals surface area contributed by atoms with Crippen molar-refractivity contribution in [2.24, 2.45) is 0 Å². The predicted octanol–water partition coefficient (Wildman–Crippen LogP) is 2.11. The summed E-state index contributed by atoms with van der Waals surface area (Å²) < 4.78 is 19.3. The van der Waals surface area contributed by atoms with Gasteiger partial charge in [0.1, 0.15) is 19.3 Å². The van der Waals surface area contributed by atoms with Crippen LogP contribution in [-0.4, -0.2) is 37.5 Å². The van der Waals surface area contributed by atoms with E-state index in [4.69, 9.17) is 4.74 Å². The summed E-state index contributed by atoms with van der Waals surface area (Å²) in [4.78, 5) is 13.6. The van der Waals surface area contributed by atoms with Gasteiger partial charge in [0, 0.05) is 18.7 Å². The molecule has 3 nitrogen and oxygen atoms in total. The highest BCUT2D eigenvalue weighted by atomic mass is 19.1. The number of nitrogens with zero attached hydrogens (tertiary/aromatic N) is 1. The summed E-state index contributed by atoms with van der Waals surface area (Å²) in [6.45, 7) is 6.54. The third-order valence-electron chi connectivity index (χ3n) is 3.33. The molecule has 112 valence electrons. The Morgan fingerprint density at radius 1 is 1.38 bits per heavy atom. The van der Waals surface area contributed by atoms with E-state index in [-0.39, 0.29) is 11.9 Å². The molecule has 1 aliphatic rings. The molecule has 1 aliphatic heterocycles. The number of benzene rings is 1. The number of rotatable bonds is 1. The van der Waals surface area contributed by atoms with Crippen molar-refractivity contribution >= 4 is 25.0 Å². The number of carbonyl (C=O) groups excluding carboxylic acids is 1. The molecule has 0 aliphatic carbocycles. The summed E-state index contributed by atoms with van der Waals surface area (Å²) >= 11 is 0. The van der Waals surface area contributed by atoms with Crippen LogP contribution in [0.25, 0.3) is 5.57 Å². The summed E-state index contributed by atoms with van der Waals surface area (Å²) in [5, 5.41) is 0. The Labute approximate surface area is 126 Å². The van der Waals surface area contributed by atoms with Crippen LogP contribution in [0.5, 0.6) is 0 Å². The van der Waals surface area contributed by atoms with Gasteiger partial charge in [-0.25, -0.2) is 9.18 Å². The topological polar surface area (TPSA) is 29.5 Å². The van der Waals surface area contributed by atoms with Crippen molar-refractivity contribution < 1.29 is 13.9 Å². The van der Waals surface area contributed by atoms with Crippen LogP contribution in [0, 0.1) is 5.82 Å². The van der Waals surface area contributed by atoms with E-state index < -0.39 is 5.60 Å². The molecular formula is C16H21BFNO2. The zero-order valence-electron chi connectivity index (χ0n) is 13.1. The summed E-state index contributed by atoms with van der Waals surface area (Å²) in [7, 11) is 1.87. The fourth-order valence-electron chi connectivity index (χ4n) is 2.29. The average Bonchev–Trinajstić information content (AvgIpc) is 2.37. The molecule has 0 unspecified atom stereocenters. The molecule has 0 saturated heterocycles. The second kappa shape index (κ2) is 5.92. The molecule has 1 aromatic rings. The van der Waals surface area contributed by atoms with Crippen LogP contribution in [0.1, 0.15) is 32.8 Å². The Bertz CT molecular complexity index is 578. The molecule has 0 spiro atoms. The highest BCUT2D eigenvalue weighted by molar-refractivity contribution is 6.32. The van der Waals surface area contributed by atoms with Gasteiger partial charge in [-0.1, -0.05) is 23.7 Å². The van der Waals surface area contributed by atoms with Gasteiger partial charge in [0.25, 0.3) is 0 Å². The van der Waals surface area contributed by atoms with E-state index in [1.165, 1.54) is 6.07 Å². The highest BCUT2D eigenvalue weighted by Gasteiger charge is 2.24. The first-order valence-electron chi connectivity index (χ1n) is 7.20. The van der Waals surface area contributed by atoms with Crippen molar-refractivity contribution in [1.82, 2.24) is 4.90 Å². The minimum absolute atomic E-state index is 0.202. The lowest BCUT2D eigenvalue weighted by atomic mass is 9.91. The molecule has 5 heteroatoms. The summed E-state index contributed by atoms with van der Waals surface area (Å²) in [6.07, 6.45) is 2.22. The molecule has 1 aromatic carbocycles. The van der Waals surface area contributed by atoms with Gasteiger partial charge in [0.2, 0.25) is 0 Å². The fraction of sp³-hybridized carbons (Fsp3) is 0.438. The molecule has 0 fully saturated rings. The summed E-state index contributed by atoms with van der Waals surface area (Å²) in [6, 6.07) is 5.25. The van der Waals surface area contributed by atoms with Gasteiger partial charge in [-0.3, -0.25) is 0 Å². The molecular weight excluding hydrogens is 268 g/mol. The monoisotopic (exact) mass is 289 g/mol. The quantitative estimate of drug-likeness (QED) is 0.741. The standard InChI is InChI=1S/C16H21BFNO2/c1-16(2,3)21-15(20)19-8-6-11(7-9-19)13-5-4-12(17)10-14(13)18/h4-6,10H,7-9,17H2,1-3H3. The smallest absolute Gasteiger partial charge is 0.410 e. The number of ether oxygens (including phenoxy) is 1. The highest BCUT2D eigenvalue weighted by Crippen LogP contribution is 2.24. The average molecular weight is 289 g/mol. The fourth-order valence-corrected chi connectivity index (χ4v) is 2.29. The first-order chi connectivity index (χ1) is 9.76. The van der Waals surface area contributed by atoms with Gasteiger partial charge >= 0.3 is 6.09 Å². The Kier molecular flexibility index (Phi) is 4.40. The minimum Gasteiger partial charge on any atom is -0.444 e. The Morgan fingerprint density at radius 2 is 2.10 bits per heavy atom. The number of hydrogen-bond acceptors (Lipinski definition) is 2. The SMILES string of the molecule is Bc1ccc(C2=CCN(C(=O)OC(C)(C)C)CC2)c(F)c1. The van der Waals surface area contributed by atoms with Gasteiger partial charge in [0.15, 0.2) is 0 Å². The first kappa shape index (κ1) is 15.6. The minimum atomic E-state index is -0.496. The number of amides is 1. The lowest BCUT2D eigenvalue weighted by Gasteiger charge is -2.29. The van der Waals surface area contributed by atoms with Crippen LogP contribution in [0.2, 0.25) is 0 Å². The van der Waals surface area contributed by atoms with Crippen LogP contribution >= 0.6 is 0 Å². The third kappa shape index (κ3) is 4.10. The van der Waals surface area contributed by atoms with Crippen molar-refractivity contribution in [3.05, 3.63) is 35.7 Å². The lowest BCUT2D eigenvalue weighted by Crippen LogP contribution is -2.39. The number of hydrogen-bond donors (Lipinski definition) is 0. The molecule has 21 heavy (non-hydrogen) atoms. The zero-order chi connectivity index (χ0) is 15.6. The van der Waals surface area contributed by atoms with E-state index in [0.29, 0.717) is 25.1 Å². The van der Waals surface area contributed by atoms with Gasteiger partial charge in [-0.05, 0) is 38.8 Å². The molecule has 1 heterocycles. The summed E-state index contributed by atoms with van der Waals surface area (Å²) in [5.74, 6) is -0.202. The molecule has 0 bridgehead atoms. The van der Waals surface area contributed by atoms with Gasteiger partial charge < -0.3 is 9.64 Å². The maximum absolute atomic E-state index is 14.0. The lowest BCUT2D eigenvalue weighted by molar-refractivity contribution is 0.0270. The normalized spacial score (nSPS) is 15.6. The second-order valence-electron chi connectivity index (χ2n) is 6.39. The van der Waals surface area contributed by atoms with E-state index in [1.807, 2.05) is 40.8 Å². The first-order valence-corrected chi connectivity index (χ1v) is 7.20. The molecule has 0 radical (unpaired) electrons. The zero-order valence-corrected chi connectivity index (χ0v) is 13.1.